The molecular weight excluding hydrogens is 425 g/mol. The van der Waals surface area contributed by atoms with Crippen molar-refractivity contribution in [2.45, 2.75) is 31.1 Å². The van der Waals surface area contributed by atoms with E-state index >= 15 is 0 Å². The highest BCUT2D eigenvalue weighted by molar-refractivity contribution is 7.99. The number of nitrogens with zero attached hydrogens (tertiary/aromatic N) is 3. The molecule has 1 amide bonds. The van der Waals surface area contributed by atoms with Gasteiger partial charge in [0.1, 0.15) is 5.82 Å². The zero-order valence-electron chi connectivity index (χ0n) is 15.1. The number of rotatable bonds is 6. The van der Waals surface area contributed by atoms with Crippen molar-refractivity contribution in [1.82, 2.24) is 14.9 Å². The second kappa shape index (κ2) is 8.75. The second-order valence-electron chi connectivity index (χ2n) is 6.40. The molecule has 0 unspecified atom stereocenters. The SMILES string of the molecule is CCSc1ncc(Cl)c(C(=O)N(Cc2ccc(F)cc2)[C@H]2CCS(=O)(=O)C2)n1. The summed E-state index contributed by atoms with van der Waals surface area (Å²) in [5.74, 6) is -0.199. The molecule has 1 aromatic carbocycles. The van der Waals surface area contributed by atoms with Crippen LogP contribution in [0, 0.1) is 5.82 Å². The number of thioether (sulfide) groups is 1. The lowest BCUT2D eigenvalue weighted by Crippen LogP contribution is -2.41. The quantitative estimate of drug-likeness (QED) is 0.503. The summed E-state index contributed by atoms with van der Waals surface area (Å²) in [5, 5.41) is 0.534. The Balaban J connectivity index is 1.94. The van der Waals surface area contributed by atoms with Crippen molar-refractivity contribution in [2.75, 3.05) is 17.3 Å². The molecule has 6 nitrogen and oxygen atoms in total. The van der Waals surface area contributed by atoms with Crippen LogP contribution in [-0.2, 0) is 16.4 Å². The molecule has 0 N–H and O–H groups in total. The van der Waals surface area contributed by atoms with Gasteiger partial charge in [0.15, 0.2) is 20.7 Å². The Morgan fingerprint density at radius 1 is 1.36 bits per heavy atom. The molecule has 1 aliphatic heterocycles. The average Bonchev–Trinajstić information content (AvgIpc) is 3.02. The summed E-state index contributed by atoms with van der Waals surface area (Å²) >= 11 is 7.55. The van der Waals surface area contributed by atoms with Gasteiger partial charge >= 0.3 is 0 Å². The van der Waals surface area contributed by atoms with Crippen molar-refractivity contribution >= 4 is 39.1 Å². The van der Waals surface area contributed by atoms with Gasteiger partial charge in [0.05, 0.1) is 22.7 Å². The van der Waals surface area contributed by atoms with Crippen LogP contribution in [0.3, 0.4) is 0 Å². The van der Waals surface area contributed by atoms with Gasteiger partial charge in [-0.3, -0.25) is 4.79 Å². The Bertz CT molecular complexity index is 971. The largest absolute Gasteiger partial charge is 0.329 e. The van der Waals surface area contributed by atoms with Gasteiger partial charge in [0, 0.05) is 12.6 Å². The Morgan fingerprint density at radius 2 is 2.07 bits per heavy atom. The van der Waals surface area contributed by atoms with E-state index in [-0.39, 0.29) is 34.6 Å². The first kappa shape index (κ1) is 21.0. The first-order chi connectivity index (χ1) is 13.3. The molecule has 2 aromatic rings. The average molecular weight is 444 g/mol. The molecule has 1 aliphatic rings. The van der Waals surface area contributed by atoms with Gasteiger partial charge < -0.3 is 4.90 Å². The number of carbonyl (C=O) groups is 1. The van der Waals surface area contributed by atoms with E-state index in [4.69, 9.17) is 11.6 Å². The summed E-state index contributed by atoms with van der Waals surface area (Å²) in [6, 6.07) is 5.25. The molecule has 28 heavy (non-hydrogen) atoms. The fourth-order valence-corrected chi connectivity index (χ4v) is 5.45. The number of sulfone groups is 1. The van der Waals surface area contributed by atoms with Crippen LogP contribution in [0.25, 0.3) is 0 Å². The smallest absolute Gasteiger partial charge is 0.274 e. The zero-order valence-corrected chi connectivity index (χ0v) is 17.5. The first-order valence-electron chi connectivity index (χ1n) is 8.70. The van der Waals surface area contributed by atoms with Crippen molar-refractivity contribution in [2.24, 2.45) is 0 Å². The Kier molecular flexibility index (Phi) is 6.57. The van der Waals surface area contributed by atoms with Gasteiger partial charge in [-0.2, -0.15) is 0 Å². The van der Waals surface area contributed by atoms with E-state index in [1.165, 1.54) is 35.0 Å². The zero-order chi connectivity index (χ0) is 20.3. The van der Waals surface area contributed by atoms with Gasteiger partial charge in [-0.05, 0) is 29.9 Å². The van der Waals surface area contributed by atoms with Crippen molar-refractivity contribution in [3.63, 3.8) is 0 Å². The third-order valence-electron chi connectivity index (χ3n) is 4.37. The molecule has 0 radical (unpaired) electrons. The van der Waals surface area contributed by atoms with E-state index < -0.39 is 21.8 Å². The minimum Gasteiger partial charge on any atom is -0.329 e. The molecule has 1 aromatic heterocycles. The molecule has 0 aliphatic carbocycles. The number of amides is 1. The predicted molar refractivity (Wildman–Crippen MR) is 107 cm³/mol. The lowest BCUT2D eigenvalue weighted by atomic mass is 10.1. The van der Waals surface area contributed by atoms with Crippen LogP contribution in [0.15, 0.2) is 35.6 Å². The molecule has 3 rings (SSSR count). The molecule has 0 bridgehead atoms. The number of aromatic nitrogens is 2. The number of carbonyl (C=O) groups excluding carboxylic acids is 1. The standard InChI is InChI=1S/C18H19ClFN3O3S2/c1-2-27-18-21-9-15(19)16(22-18)17(24)23(14-7-8-28(25,26)11-14)10-12-3-5-13(20)6-4-12/h3-6,9,14H,2,7-8,10-11H2,1H3/t14-/m0/s1. The van der Waals surface area contributed by atoms with Gasteiger partial charge in [0.2, 0.25) is 0 Å². The highest BCUT2D eigenvalue weighted by Crippen LogP contribution is 2.25. The predicted octanol–water partition coefficient (Wildman–Crippen LogP) is 3.21. The molecule has 1 atom stereocenters. The van der Waals surface area contributed by atoms with E-state index in [0.717, 1.165) is 5.75 Å². The lowest BCUT2D eigenvalue weighted by molar-refractivity contribution is 0.0674. The fraction of sp³-hybridized carbons (Fsp3) is 0.389. The minimum absolute atomic E-state index is 0.0271. The first-order valence-corrected chi connectivity index (χ1v) is 11.9. The van der Waals surface area contributed by atoms with Crippen LogP contribution in [-0.4, -0.2) is 52.5 Å². The lowest BCUT2D eigenvalue weighted by Gasteiger charge is -2.28. The molecule has 0 saturated carbocycles. The maximum absolute atomic E-state index is 13.3. The Morgan fingerprint density at radius 3 is 2.68 bits per heavy atom. The summed E-state index contributed by atoms with van der Waals surface area (Å²) in [6.45, 7) is 2.07. The normalized spacial score (nSPS) is 18.2. The molecule has 1 fully saturated rings. The molecule has 0 spiro atoms. The van der Waals surface area contributed by atoms with Crippen LogP contribution in [0.5, 0.6) is 0 Å². The second-order valence-corrected chi connectivity index (χ2v) is 10.3. The molecular formula is C18H19ClFN3O3S2. The third kappa shape index (κ3) is 5.01. The number of halogens is 2. The van der Waals surface area contributed by atoms with Gasteiger partial charge in [-0.25, -0.2) is 22.8 Å². The van der Waals surface area contributed by atoms with Crippen molar-refractivity contribution in [1.29, 1.82) is 0 Å². The van der Waals surface area contributed by atoms with Crippen LogP contribution < -0.4 is 0 Å². The number of benzene rings is 1. The van der Waals surface area contributed by atoms with Gasteiger partial charge in [-0.15, -0.1) is 0 Å². The van der Waals surface area contributed by atoms with E-state index in [1.807, 2.05) is 6.92 Å². The van der Waals surface area contributed by atoms with Crippen LogP contribution in [0.1, 0.15) is 29.4 Å². The Labute approximate surface area is 172 Å². The topological polar surface area (TPSA) is 80.2 Å². The van der Waals surface area contributed by atoms with Crippen LogP contribution in [0.4, 0.5) is 4.39 Å². The number of hydrogen-bond acceptors (Lipinski definition) is 6. The summed E-state index contributed by atoms with van der Waals surface area (Å²) < 4.78 is 37.2. The maximum atomic E-state index is 13.3. The highest BCUT2D eigenvalue weighted by Gasteiger charge is 2.36. The monoisotopic (exact) mass is 443 g/mol. The summed E-state index contributed by atoms with van der Waals surface area (Å²) in [5.41, 5.74) is 0.728. The van der Waals surface area contributed by atoms with Crippen LogP contribution >= 0.6 is 23.4 Å². The molecule has 2 heterocycles. The molecule has 10 heteroatoms. The minimum atomic E-state index is -3.21. The Hall–Kier alpha value is -1.71. The highest BCUT2D eigenvalue weighted by atomic mass is 35.5. The van der Waals surface area contributed by atoms with E-state index in [9.17, 15) is 17.6 Å². The third-order valence-corrected chi connectivity index (χ3v) is 7.14. The van der Waals surface area contributed by atoms with Crippen molar-refractivity contribution in [3.8, 4) is 0 Å². The van der Waals surface area contributed by atoms with E-state index in [1.54, 1.807) is 12.1 Å². The number of hydrogen-bond donors (Lipinski definition) is 0. The maximum Gasteiger partial charge on any atom is 0.274 e. The summed E-state index contributed by atoms with van der Waals surface area (Å²) in [4.78, 5) is 23.1. The van der Waals surface area contributed by atoms with Gasteiger partial charge in [-0.1, -0.05) is 42.4 Å². The molecule has 150 valence electrons. The van der Waals surface area contributed by atoms with E-state index in [0.29, 0.717) is 17.1 Å². The van der Waals surface area contributed by atoms with E-state index in [2.05, 4.69) is 9.97 Å². The summed E-state index contributed by atoms with van der Waals surface area (Å²) in [7, 11) is -3.21. The molecule has 1 saturated heterocycles. The van der Waals surface area contributed by atoms with Crippen LogP contribution in [0.2, 0.25) is 5.02 Å². The summed E-state index contributed by atoms with van der Waals surface area (Å²) in [6.07, 6.45) is 1.72. The van der Waals surface area contributed by atoms with Crippen molar-refractivity contribution < 1.29 is 17.6 Å². The van der Waals surface area contributed by atoms with Gasteiger partial charge in [0.25, 0.3) is 5.91 Å². The fourth-order valence-electron chi connectivity index (χ4n) is 3.01. The van der Waals surface area contributed by atoms with Crippen molar-refractivity contribution in [3.05, 3.63) is 52.6 Å².